The normalized spacial score (nSPS) is 26.7. The third kappa shape index (κ3) is 18.5. The van der Waals surface area contributed by atoms with E-state index < -0.39 is 110 Å². The fraction of sp³-hybridized carbons (Fsp3) is 0.410. The summed E-state index contributed by atoms with van der Waals surface area (Å²) in [7, 11) is 0. The first-order chi connectivity index (χ1) is 46.0. The molecule has 0 radical (unpaired) electrons. The van der Waals surface area contributed by atoms with Crippen LogP contribution in [-0.2, 0) is 88.1 Å². The van der Waals surface area contributed by atoms with Crippen LogP contribution < -0.4 is 0 Å². The van der Waals surface area contributed by atoms with Gasteiger partial charge in [0.1, 0.15) is 43.7 Å². The van der Waals surface area contributed by atoms with E-state index in [0.29, 0.717) is 6.42 Å². The van der Waals surface area contributed by atoms with Gasteiger partial charge in [-0.25, -0.2) is 19.2 Å². The largest absolute Gasteiger partial charge is 0.459 e. The molecular formula is C78H86O16. The lowest BCUT2D eigenvalue weighted by Crippen LogP contribution is -2.65. The monoisotopic (exact) mass is 1280 g/mol. The standard InChI is InChI=1S/C78H86O16/c1-52-44-53(2)66(94-77-71(85-49-58-34-18-7-19-35-58)69(84-48-57-32-16-6-17-33-57)67(54(3)88-77)83-47-56-30-14-5-15-31-56)63(45-52)90-78-72(93-75(81)62-42-26-11-27-43-62)70(89-64(46-55-28-12-4-13-29-55)76(82)86-50-59-36-20-8-21-37-59)68(92-74(80)61-40-24-10-25-41-61)65(91-78)51-87-73(79)60-38-22-9-23-39-60/h5-11,14-27,30-43,52-55,63-72,77-78H,4,12-13,28-29,44-51H2,1-3H3/t52-,53+,54+,63-,64+,65-,66-,67-,68+,69-,70+,71+,72-,77+,78-/m1/s1. The second kappa shape index (κ2) is 34.0. The van der Waals surface area contributed by atoms with Crippen LogP contribution in [0.1, 0.15) is 125 Å². The Hall–Kier alpha value is -7.90. The van der Waals surface area contributed by atoms with E-state index in [1.54, 1.807) is 91.0 Å². The van der Waals surface area contributed by atoms with Gasteiger partial charge in [0.15, 0.2) is 30.9 Å². The van der Waals surface area contributed by atoms with Crippen LogP contribution in [0.15, 0.2) is 212 Å². The van der Waals surface area contributed by atoms with Crippen LogP contribution >= 0.6 is 0 Å². The van der Waals surface area contributed by atoms with Crippen molar-refractivity contribution in [2.24, 2.45) is 17.8 Å². The number of hydrogen-bond donors (Lipinski definition) is 0. The van der Waals surface area contributed by atoms with Crippen LogP contribution in [0.25, 0.3) is 0 Å². The minimum atomic E-state index is -1.59. The van der Waals surface area contributed by atoms with E-state index in [4.69, 9.17) is 56.8 Å². The molecule has 4 fully saturated rings. The van der Waals surface area contributed by atoms with E-state index in [1.807, 2.05) is 128 Å². The maximum absolute atomic E-state index is 15.0. The molecule has 7 aromatic rings. The zero-order valence-electron chi connectivity index (χ0n) is 53.7. The smallest absolute Gasteiger partial charge is 0.338 e. The average molecular weight is 1280 g/mol. The Morgan fingerprint density at radius 1 is 0.426 bits per heavy atom. The molecule has 7 aromatic carbocycles. The number of hydrogen-bond acceptors (Lipinski definition) is 16. The van der Waals surface area contributed by atoms with Gasteiger partial charge >= 0.3 is 23.9 Å². The number of ether oxygens (including phenoxy) is 12. The maximum atomic E-state index is 15.0. The summed E-state index contributed by atoms with van der Waals surface area (Å²) in [6.07, 6.45) is -8.30. The van der Waals surface area contributed by atoms with E-state index in [2.05, 4.69) is 13.8 Å². The van der Waals surface area contributed by atoms with E-state index in [1.165, 1.54) is 0 Å². The second-order valence-electron chi connectivity index (χ2n) is 25.2. The van der Waals surface area contributed by atoms with Crippen LogP contribution in [0.2, 0.25) is 0 Å². The predicted molar refractivity (Wildman–Crippen MR) is 349 cm³/mol. The average Bonchev–Trinajstić information content (AvgIpc) is 0.786. The molecule has 2 aliphatic heterocycles. The maximum Gasteiger partial charge on any atom is 0.338 e. The molecule has 0 N–H and O–H groups in total. The highest BCUT2D eigenvalue weighted by Gasteiger charge is 2.56. The van der Waals surface area contributed by atoms with Crippen molar-refractivity contribution in [1.82, 2.24) is 0 Å². The zero-order valence-corrected chi connectivity index (χ0v) is 53.7. The molecule has 494 valence electrons. The third-order valence-electron chi connectivity index (χ3n) is 18.1. The van der Waals surface area contributed by atoms with E-state index >= 15 is 4.79 Å². The Balaban J connectivity index is 0.985. The van der Waals surface area contributed by atoms with Gasteiger partial charge in [0.25, 0.3) is 0 Å². The van der Waals surface area contributed by atoms with Crippen molar-refractivity contribution in [2.45, 2.75) is 178 Å². The van der Waals surface area contributed by atoms with Crippen molar-refractivity contribution in [2.75, 3.05) is 6.61 Å². The van der Waals surface area contributed by atoms with Gasteiger partial charge in [-0.2, -0.15) is 0 Å². The Labute approximate surface area is 551 Å². The molecule has 4 aliphatic rings. The summed E-state index contributed by atoms with van der Waals surface area (Å²) in [6.45, 7) is 6.34. The summed E-state index contributed by atoms with van der Waals surface area (Å²) in [5.74, 6) is -2.98. The van der Waals surface area contributed by atoms with Crippen LogP contribution in [-0.4, -0.2) is 110 Å². The molecule has 2 saturated carbocycles. The van der Waals surface area contributed by atoms with Crippen molar-refractivity contribution in [3.05, 3.63) is 251 Å². The molecule has 0 bridgehead atoms. The topological polar surface area (TPSA) is 179 Å². The Morgan fingerprint density at radius 2 is 0.872 bits per heavy atom. The number of esters is 4. The van der Waals surface area contributed by atoms with Crippen molar-refractivity contribution in [3.63, 3.8) is 0 Å². The Morgan fingerprint density at radius 3 is 1.39 bits per heavy atom. The number of carbonyl (C=O) groups excluding carboxylic acids is 4. The summed E-state index contributed by atoms with van der Waals surface area (Å²) < 4.78 is 82.7. The molecule has 0 amide bonds. The highest BCUT2D eigenvalue weighted by atomic mass is 16.8. The molecule has 94 heavy (non-hydrogen) atoms. The van der Waals surface area contributed by atoms with Crippen molar-refractivity contribution < 1.29 is 76.0 Å². The van der Waals surface area contributed by atoms with Crippen molar-refractivity contribution in [1.29, 1.82) is 0 Å². The minimum absolute atomic E-state index is 0.0514. The van der Waals surface area contributed by atoms with Crippen molar-refractivity contribution >= 4 is 23.9 Å². The summed E-state index contributed by atoms with van der Waals surface area (Å²) in [5, 5.41) is 0. The third-order valence-corrected chi connectivity index (χ3v) is 18.1. The van der Waals surface area contributed by atoms with Gasteiger partial charge in [-0.3, -0.25) is 0 Å². The zero-order chi connectivity index (χ0) is 65.0. The summed E-state index contributed by atoms with van der Waals surface area (Å²) >= 11 is 0. The molecule has 15 atom stereocenters. The first-order valence-electron chi connectivity index (χ1n) is 33.2. The van der Waals surface area contributed by atoms with Gasteiger partial charge < -0.3 is 56.8 Å². The number of rotatable bonds is 27. The summed E-state index contributed by atoms with van der Waals surface area (Å²) in [6, 6.07) is 64.4. The lowest BCUT2D eigenvalue weighted by atomic mass is 9.79. The van der Waals surface area contributed by atoms with Gasteiger partial charge in [0.2, 0.25) is 0 Å². The molecule has 2 saturated heterocycles. The van der Waals surface area contributed by atoms with Gasteiger partial charge in [-0.1, -0.05) is 222 Å². The van der Waals surface area contributed by atoms with Gasteiger partial charge in [-0.05, 0) is 103 Å². The van der Waals surface area contributed by atoms with Crippen LogP contribution in [0.4, 0.5) is 0 Å². The summed E-state index contributed by atoms with van der Waals surface area (Å²) in [4.78, 5) is 58.7. The Bertz CT molecular complexity index is 3420. The van der Waals surface area contributed by atoms with E-state index in [0.717, 1.165) is 60.8 Å². The van der Waals surface area contributed by atoms with Gasteiger partial charge in [-0.15, -0.1) is 0 Å². The van der Waals surface area contributed by atoms with E-state index in [-0.39, 0.29) is 67.3 Å². The molecule has 0 spiro atoms. The van der Waals surface area contributed by atoms with Gasteiger partial charge in [0.05, 0.1) is 54.8 Å². The SMILES string of the molecule is C[C@@H]1C[C@H](C)[C@@H](O[C@@H]2O[C@@H](C)[C@@H](OCc3ccccc3)[C@@H](OCc3ccccc3)[C@@H]2OCc2ccccc2)[C@H](O[C@@H]2O[C@H](COC(=O)c3ccccc3)[C@H](OC(=O)c3ccccc3)[C@H](O[C@@H](CC3CCCCC3)C(=O)OCc3ccccc3)[C@H]2OC(=O)c2ccccc2)C1. The minimum Gasteiger partial charge on any atom is -0.459 e. The molecule has 2 aliphatic carbocycles. The van der Waals surface area contributed by atoms with Gasteiger partial charge in [0, 0.05) is 0 Å². The van der Waals surface area contributed by atoms with Crippen LogP contribution in [0.5, 0.6) is 0 Å². The number of benzene rings is 7. The van der Waals surface area contributed by atoms with E-state index in [9.17, 15) is 14.4 Å². The molecule has 2 heterocycles. The summed E-state index contributed by atoms with van der Waals surface area (Å²) in [5.41, 5.74) is 4.27. The lowest BCUT2D eigenvalue weighted by molar-refractivity contribution is -0.357. The molecule has 11 rings (SSSR count). The number of carbonyl (C=O) groups is 4. The fourth-order valence-corrected chi connectivity index (χ4v) is 13.3. The predicted octanol–water partition coefficient (Wildman–Crippen LogP) is 13.8. The highest BCUT2D eigenvalue weighted by molar-refractivity contribution is 5.90. The quantitative estimate of drug-likeness (QED) is 0.0350. The first-order valence-corrected chi connectivity index (χ1v) is 33.2. The Kier molecular flexibility index (Phi) is 24.4. The van der Waals surface area contributed by atoms with Crippen LogP contribution in [0, 0.1) is 17.8 Å². The molecule has 16 nitrogen and oxygen atoms in total. The van der Waals surface area contributed by atoms with Crippen molar-refractivity contribution in [3.8, 4) is 0 Å². The lowest BCUT2D eigenvalue weighted by Gasteiger charge is -2.50. The highest BCUT2D eigenvalue weighted by Crippen LogP contribution is 2.41. The molecule has 0 unspecified atom stereocenters. The molecule has 0 aromatic heterocycles. The molecular weight excluding hydrogens is 1190 g/mol. The first kappa shape index (κ1) is 67.5. The fourth-order valence-electron chi connectivity index (χ4n) is 13.3. The van der Waals surface area contributed by atoms with Crippen LogP contribution in [0.3, 0.4) is 0 Å². The second-order valence-corrected chi connectivity index (χ2v) is 25.2. The molecule has 16 heteroatoms.